The summed E-state index contributed by atoms with van der Waals surface area (Å²) in [6, 6.07) is 53.2. The average Bonchev–Trinajstić information content (AvgIpc) is 3.03. The summed E-state index contributed by atoms with van der Waals surface area (Å²) < 4.78 is 0. The maximum atomic E-state index is 2.32. The number of benzene rings is 6. The lowest BCUT2D eigenvalue weighted by atomic mass is 9.77. The van der Waals surface area contributed by atoms with Crippen LogP contribution in [0.5, 0.6) is 0 Å². The molecule has 0 saturated carbocycles. The summed E-state index contributed by atoms with van der Waals surface area (Å²) >= 11 is 0. The molecule has 0 radical (unpaired) electrons. The molecule has 2 heteroatoms. The largest absolute Gasteiger partial charge is 0.378 e. The highest BCUT2D eigenvalue weighted by Crippen LogP contribution is 2.42. The topological polar surface area (TPSA) is 6.48 Å². The highest BCUT2D eigenvalue weighted by molar-refractivity contribution is 5.93. The summed E-state index contributed by atoms with van der Waals surface area (Å²) in [6.45, 7) is 0. The van der Waals surface area contributed by atoms with E-state index in [9.17, 15) is 0 Å². The van der Waals surface area contributed by atoms with Gasteiger partial charge < -0.3 is 9.80 Å². The van der Waals surface area contributed by atoms with E-state index in [4.69, 9.17) is 0 Å². The van der Waals surface area contributed by atoms with E-state index in [1.165, 1.54) is 61.4 Å². The van der Waals surface area contributed by atoms with Crippen LogP contribution in [0.2, 0.25) is 0 Å². The molecule has 0 aliphatic carbocycles. The Kier molecular flexibility index (Phi) is 7.70. The summed E-state index contributed by atoms with van der Waals surface area (Å²) in [5.41, 5.74) is 9.94. The Bertz CT molecular complexity index is 1660. The highest BCUT2D eigenvalue weighted by atomic mass is 15.1. The van der Waals surface area contributed by atoms with Gasteiger partial charge in [0, 0.05) is 56.3 Å². The molecule has 206 valence electrons. The molecular weight excluding hydrogens is 508 g/mol. The lowest BCUT2D eigenvalue weighted by Gasteiger charge is -2.24. The Morgan fingerprint density at radius 1 is 0.452 bits per heavy atom. The van der Waals surface area contributed by atoms with Crippen LogP contribution >= 0.6 is 0 Å². The minimum absolute atomic E-state index is 0.0649. The minimum Gasteiger partial charge on any atom is -0.378 e. The fraction of sp³-hybridized carbons (Fsp3) is 0.125. The van der Waals surface area contributed by atoms with Crippen LogP contribution in [0.4, 0.5) is 11.4 Å². The molecule has 0 heterocycles. The molecule has 6 aromatic carbocycles. The van der Waals surface area contributed by atoms with Gasteiger partial charge in [0.15, 0.2) is 0 Å². The van der Waals surface area contributed by atoms with Gasteiger partial charge in [-0.2, -0.15) is 0 Å². The van der Waals surface area contributed by atoms with E-state index < -0.39 is 0 Å². The van der Waals surface area contributed by atoms with E-state index in [0.29, 0.717) is 0 Å². The Hall–Kier alpha value is -4.95. The van der Waals surface area contributed by atoms with Crippen LogP contribution in [0.1, 0.15) is 39.3 Å². The average molecular weight is 546 g/mol. The second kappa shape index (κ2) is 11.9. The first-order chi connectivity index (χ1) is 20.5. The first kappa shape index (κ1) is 27.2. The summed E-state index contributed by atoms with van der Waals surface area (Å²) in [4.78, 5) is 4.31. The molecule has 0 unspecified atom stereocenters. The van der Waals surface area contributed by atoms with Gasteiger partial charge in [-0.15, -0.1) is 0 Å². The van der Waals surface area contributed by atoms with E-state index in [2.05, 4.69) is 184 Å². The first-order valence-electron chi connectivity index (χ1n) is 14.6. The van der Waals surface area contributed by atoms with Crippen molar-refractivity contribution in [1.29, 1.82) is 0 Å². The predicted octanol–water partition coefficient (Wildman–Crippen LogP) is 9.17. The second-order valence-corrected chi connectivity index (χ2v) is 11.3. The molecule has 0 spiro atoms. The molecule has 0 aliphatic rings. The van der Waals surface area contributed by atoms with Crippen molar-refractivity contribution < 1.29 is 0 Å². The molecular formula is C40H37N2+. The Balaban J connectivity index is 1.62. The molecule has 6 rings (SSSR count). The number of anilines is 2. The van der Waals surface area contributed by atoms with Crippen molar-refractivity contribution in [1.82, 2.24) is 0 Å². The van der Waals surface area contributed by atoms with Crippen LogP contribution in [-0.2, 0) is 0 Å². The fourth-order valence-electron chi connectivity index (χ4n) is 5.99. The van der Waals surface area contributed by atoms with Gasteiger partial charge in [-0.05, 0) is 114 Å². The van der Waals surface area contributed by atoms with Gasteiger partial charge in [-0.25, -0.2) is 0 Å². The minimum atomic E-state index is 0.0649. The van der Waals surface area contributed by atoms with Gasteiger partial charge in [-0.3, -0.25) is 0 Å². The van der Waals surface area contributed by atoms with Crippen LogP contribution in [0.15, 0.2) is 146 Å². The molecule has 6 aromatic rings. The standard InChI is InChI=1S/C40H37N2/c1-41(2)34-25-21-32(22-26-34)39(33-23-27-35(28-24-33)42(3)4)37-20-12-18-31-17-11-19-36(40(31)37)38(29-13-7-5-8-14-29)30-15-9-6-10-16-30/h5-28,39H,1-4H3/q+1. The van der Waals surface area contributed by atoms with Gasteiger partial charge in [0.25, 0.3) is 0 Å². The zero-order valence-corrected chi connectivity index (χ0v) is 24.8. The highest BCUT2D eigenvalue weighted by Gasteiger charge is 2.28. The van der Waals surface area contributed by atoms with Crippen molar-refractivity contribution in [3.63, 3.8) is 0 Å². The van der Waals surface area contributed by atoms with Gasteiger partial charge >= 0.3 is 0 Å². The van der Waals surface area contributed by atoms with Crippen molar-refractivity contribution in [2.75, 3.05) is 38.0 Å². The summed E-state index contributed by atoms with van der Waals surface area (Å²) in [6.07, 6.45) is 0. The number of rotatable bonds is 8. The van der Waals surface area contributed by atoms with Crippen molar-refractivity contribution in [2.45, 2.75) is 5.92 Å². The molecule has 0 bridgehead atoms. The normalized spacial score (nSPS) is 11.1. The third-order valence-corrected chi connectivity index (χ3v) is 8.13. The molecule has 0 fully saturated rings. The zero-order chi connectivity index (χ0) is 29.1. The van der Waals surface area contributed by atoms with Crippen LogP contribution in [-0.4, -0.2) is 28.2 Å². The van der Waals surface area contributed by atoms with Crippen molar-refractivity contribution >= 4 is 22.1 Å². The molecule has 2 nitrogen and oxygen atoms in total. The van der Waals surface area contributed by atoms with E-state index in [1.54, 1.807) is 0 Å². The fourth-order valence-corrected chi connectivity index (χ4v) is 5.99. The quantitative estimate of drug-likeness (QED) is 0.139. The van der Waals surface area contributed by atoms with Gasteiger partial charge in [-0.1, -0.05) is 48.5 Å². The van der Waals surface area contributed by atoms with Crippen LogP contribution in [0, 0.1) is 5.92 Å². The predicted molar refractivity (Wildman–Crippen MR) is 180 cm³/mol. The lowest BCUT2D eigenvalue weighted by molar-refractivity contribution is 0.982. The van der Waals surface area contributed by atoms with E-state index in [-0.39, 0.29) is 5.92 Å². The van der Waals surface area contributed by atoms with Crippen molar-refractivity contribution in [3.8, 4) is 0 Å². The van der Waals surface area contributed by atoms with Crippen LogP contribution < -0.4 is 9.80 Å². The maximum Gasteiger partial charge on any atom is 0.0638 e. The van der Waals surface area contributed by atoms with Gasteiger partial charge in [0.2, 0.25) is 0 Å². The SMILES string of the molecule is CN(C)c1ccc(C(c2ccc(N(C)C)cc2)c2cccc3cccc([C+](c4ccccc4)c4ccccc4)c23)cc1. The van der Waals surface area contributed by atoms with E-state index >= 15 is 0 Å². The Morgan fingerprint density at radius 3 is 1.36 bits per heavy atom. The number of hydrogen-bond donors (Lipinski definition) is 0. The number of hydrogen-bond acceptors (Lipinski definition) is 2. The molecule has 0 atom stereocenters. The van der Waals surface area contributed by atoms with E-state index in [0.717, 1.165) is 0 Å². The third kappa shape index (κ3) is 5.36. The maximum absolute atomic E-state index is 2.32. The Labute approximate surface area is 250 Å². The molecule has 0 amide bonds. The first-order valence-corrected chi connectivity index (χ1v) is 14.6. The third-order valence-electron chi connectivity index (χ3n) is 8.13. The zero-order valence-electron chi connectivity index (χ0n) is 24.8. The summed E-state index contributed by atoms with van der Waals surface area (Å²) in [5, 5.41) is 2.54. The number of fused-ring (bicyclic) bond motifs is 1. The van der Waals surface area contributed by atoms with Crippen LogP contribution in [0.25, 0.3) is 10.8 Å². The lowest BCUT2D eigenvalue weighted by Crippen LogP contribution is -2.11. The van der Waals surface area contributed by atoms with Gasteiger partial charge in [0.1, 0.15) is 0 Å². The van der Waals surface area contributed by atoms with Crippen molar-refractivity contribution in [2.24, 2.45) is 0 Å². The molecule has 0 saturated heterocycles. The molecule has 0 N–H and O–H groups in total. The monoisotopic (exact) mass is 545 g/mol. The summed E-state index contributed by atoms with van der Waals surface area (Å²) in [5.74, 6) is 1.31. The van der Waals surface area contributed by atoms with Crippen molar-refractivity contribution in [3.05, 3.63) is 185 Å². The molecule has 0 aromatic heterocycles. The molecule has 0 aliphatic heterocycles. The van der Waals surface area contributed by atoms with E-state index in [1.807, 2.05) is 0 Å². The Morgan fingerprint density at radius 2 is 0.905 bits per heavy atom. The second-order valence-electron chi connectivity index (χ2n) is 11.3. The molecule has 42 heavy (non-hydrogen) atoms. The summed E-state index contributed by atoms with van der Waals surface area (Å²) in [7, 11) is 8.36. The smallest absolute Gasteiger partial charge is 0.0638 e. The van der Waals surface area contributed by atoms with Gasteiger partial charge in [0.05, 0.1) is 22.6 Å². The van der Waals surface area contributed by atoms with Crippen LogP contribution in [0.3, 0.4) is 0 Å². The number of nitrogens with zero attached hydrogens (tertiary/aromatic N) is 2.